The van der Waals surface area contributed by atoms with Crippen LogP contribution in [0.15, 0.2) is 182 Å². The van der Waals surface area contributed by atoms with E-state index in [0.717, 1.165) is 17.1 Å². The van der Waals surface area contributed by atoms with Gasteiger partial charge in [0.25, 0.3) is 0 Å². The fourth-order valence-electron chi connectivity index (χ4n) is 9.34. The molecule has 8 aromatic carbocycles. The van der Waals surface area contributed by atoms with E-state index in [4.69, 9.17) is 0 Å². The zero-order chi connectivity index (χ0) is 36.6. The highest BCUT2D eigenvalue weighted by Gasteiger charge is 2.38. The summed E-state index contributed by atoms with van der Waals surface area (Å²) in [5, 5.41) is 5.66. The van der Waals surface area contributed by atoms with Crippen molar-refractivity contribution >= 4 is 63.3 Å². The number of rotatable bonds is 6. The van der Waals surface area contributed by atoms with E-state index in [2.05, 4.69) is 219 Å². The highest BCUT2D eigenvalue weighted by molar-refractivity contribution is 7.03. The zero-order valence-corrected chi connectivity index (χ0v) is 32.2. The molecular weight excluding hydrogens is 669 g/mol. The predicted octanol–water partition coefficient (Wildman–Crippen LogP) is 12.9. The van der Waals surface area contributed by atoms with E-state index in [1.807, 2.05) is 0 Å². The maximum Gasteiger partial charge on any atom is 0.113 e. The summed E-state index contributed by atoms with van der Waals surface area (Å²) < 4.78 is 0. The number of nitrogens with zero attached hydrogens (tertiary/aromatic N) is 2. The van der Waals surface area contributed by atoms with E-state index in [-0.39, 0.29) is 5.41 Å². The Morgan fingerprint density at radius 3 is 1.59 bits per heavy atom. The molecule has 3 heteroatoms. The first-order chi connectivity index (χ1) is 26.3. The van der Waals surface area contributed by atoms with E-state index in [9.17, 15) is 0 Å². The first-order valence-electron chi connectivity index (χ1n) is 19.0. The summed E-state index contributed by atoms with van der Waals surface area (Å²) >= 11 is 0. The Bertz CT molecular complexity index is 2680. The molecule has 2 nitrogen and oxygen atoms in total. The molecule has 0 fully saturated rings. The van der Waals surface area contributed by atoms with Gasteiger partial charge in [-0.25, -0.2) is 0 Å². The fraction of sp³-hybridized carbons (Fsp3) is 0.0980. The summed E-state index contributed by atoms with van der Waals surface area (Å²) in [7, 11) is -2.17. The highest BCUT2D eigenvalue weighted by atomic mass is 28.3. The van der Waals surface area contributed by atoms with Gasteiger partial charge in [-0.05, 0) is 116 Å². The molecule has 0 saturated heterocycles. The second kappa shape index (κ2) is 12.2. The summed E-state index contributed by atoms with van der Waals surface area (Å²) in [5.41, 5.74) is 15.1. The molecule has 1 heterocycles. The summed E-state index contributed by atoms with van der Waals surface area (Å²) in [6.45, 7) is 9.80. The minimum Gasteiger partial charge on any atom is -0.311 e. The van der Waals surface area contributed by atoms with Gasteiger partial charge in [-0.15, -0.1) is 0 Å². The minimum atomic E-state index is -2.17. The Hall–Kier alpha value is -6.16. The van der Waals surface area contributed by atoms with E-state index < -0.39 is 8.07 Å². The van der Waals surface area contributed by atoms with Crippen LogP contribution in [-0.2, 0) is 5.41 Å². The van der Waals surface area contributed by atoms with Gasteiger partial charge in [-0.3, -0.25) is 0 Å². The molecule has 0 saturated carbocycles. The lowest BCUT2D eigenvalue weighted by molar-refractivity contribution is 0.660. The maximum absolute atomic E-state index is 2.53. The maximum atomic E-state index is 2.53. The monoisotopic (exact) mass is 710 g/mol. The van der Waals surface area contributed by atoms with Crippen molar-refractivity contribution in [1.82, 2.24) is 0 Å². The van der Waals surface area contributed by atoms with Crippen molar-refractivity contribution < 1.29 is 0 Å². The standard InChI is InChI=1S/C51H42N2Si/c1-51(2)45-25-15-14-23-40(45)41-29-27-38(33-46(41)51)53(37-21-12-7-13-22-37)47-32-31-43-42-30-28-39(34-49(42)54(3,4)48-26-16-24-44(47)50(43)48)52(35-17-8-5-9-18-35)36-19-10-6-11-20-36/h5-34H,1-4H3. The molecule has 0 unspecified atom stereocenters. The molecule has 0 aromatic heterocycles. The summed E-state index contributed by atoms with van der Waals surface area (Å²) in [6, 6.07) is 67.4. The van der Waals surface area contributed by atoms with E-state index in [1.165, 1.54) is 71.6 Å². The Morgan fingerprint density at radius 1 is 0.389 bits per heavy atom. The van der Waals surface area contributed by atoms with Crippen molar-refractivity contribution in [3.05, 3.63) is 193 Å². The Balaban J connectivity index is 1.16. The minimum absolute atomic E-state index is 0.0843. The van der Waals surface area contributed by atoms with Crippen LogP contribution >= 0.6 is 0 Å². The molecule has 260 valence electrons. The first-order valence-corrected chi connectivity index (χ1v) is 22.0. The topological polar surface area (TPSA) is 6.48 Å². The molecule has 10 rings (SSSR count). The molecular formula is C51H42N2Si. The fourth-order valence-corrected chi connectivity index (χ4v) is 12.4. The number of hydrogen-bond donors (Lipinski definition) is 0. The zero-order valence-electron chi connectivity index (χ0n) is 31.2. The molecule has 0 N–H and O–H groups in total. The van der Waals surface area contributed by atoms with Gasteiger partial charge in [0.2, 0.25) is 0 Å². The Morgan fingerprint density at radius 2 is 0.926 bits per heavy atom. The van der Waals surface area contributed by atoms with E-state index in [1.54, 1.807) is 0 Å². The van der Waals surface area contributed by atoms with Crippen LogP contribution in [0, 0.1) is 0 Å². The quantitative estimate of drug-likeness (QED) is 0.159. The molecule has 0 spiro atoms. The van der Waals surface area contributed by atoms with Crippen LogP contribution in [0.4, 0.5) is 34.1 Å². The first kappa shape index (κ1) is 32.5. The molecule has 1 aliphatic heterocycles. The predicted molar refractivity (Wildman–Crippen MR) is 233 cm³/mol. The Kier molecular flexibility index (Phi) is 7.33. The molecule has 54 heavy (non-hydrogen) atoms. The molecule has 0 amide bonds. The van der Waals surface area contributed by atoms with Gasteiger partial charge in [0.15, 0.2) is 0 Å². The molecule has 2 aliphatic rings. The smallest absolute Gasteiger partial charge is 0.113 e. The van der Waals surface area contributed by atoms with Crippen molar-refractivity contribution in [3.8, 4) is 22.3 Å². The lowest BCUT2D eigenvalue weighted by Crippen LogP contribution is -2.56. The lowest BCUT2D eigenvalue weighted by Gasteiger charge is -2.36. The average molecular weight is 711 g/mol. The molecule has 0 radical (unpaired) electrons. The van der Waals surface area contributed by atoms with Crippen molar-refractivity contribution in [1.29, 1.82) is 0 Å². The number of hydrogen-bond acceptors (Lipinski definition) is 2. The Labute approximate surface area is 319 Å². The van der Waals surface area contributed by atoms with E-state index in [0.29, 0.717) is 0 Å². The van der Waals surface area contributed by atoms with Gasteiger partial charge in [-0.2, -0.15) is 0 Å². The van der Waals surface area contributed by atoms with Crippen LogP contribution in [0.3, 0.4) is 0 Å². The van der Waals surface area contributed by atoms with Crippen LogP contribution in [-0.4, -0.2) is 8.07 Å². The third-order valence-electron chi connectivity index (χ3n) is 12.0. The van der Waals surface area contributed by atoms with Gasteiger partial charge >= 0.3 is 0 Å². The van der Waals surface area contributed by atoms with Gasteiger partial charge in [0, 0.05) is 39.2 Å². The second-order valence-electron chi connectivity index (χ2n) is 15.8. The number of benzene rings is 8. The molecule has 1 aliphatic carbocycles. The largest absolute Gasteiger partial charge is 0.311 e. The van der Waals surface area contributed by atoms with Crippen molar-refractivity contribution in [2.24, 2.45) is 0 Å². The summed E-state index contributed by atoms with van der Waals surface area (Å²) in [6.07, 6.45) is 0. The molecule has 8 aromatic rings. The van der Waals surface area contributed by atoms with Crippen LogP contribution in [0.25, 0.3) is 33.0 Å². The van der Waals surface area contributed by atoms with Crippen LogP contribution in [0.1, 0.15) is 25.0 Å². The number of anilines is 6. The second-order valence-corrected chi connectivity index (χ2v) is 20.1. The molecule has 0 atom stereocenters. The van der Waals surface area contributed by atoms with Crippen LogP contribution in [0.2, 0.25) is 13.1 Å². The van der Waals surface area contributed by atoms with Gasteiger partial charge in [0.05, 0.1) is 5.69 Å². The average Bonchev–Trinajstić information content (AvgIpc) is 3.44. The lowest BCUT2D eigenvalue weighted by atomic mass is 9.82. The normalized spacial score (nSPS) is 14.2. The van der Waals surface area contributed by atoms with Crippen molar-refractivity contribution in [2.75, 3.05) is 9.80 Å². The SMILES string of the molecule is CC1(C)c2ccccc2-c2ccc(N(c3ccccc3)c3ccc4c5c(cccc35)[Si](C)(C)c3cc(N(c5ccccc5)c5ccccc5)ccc3-4)cc21. The van der Waals surface area contributed by atoms with Crippen molar-refractivity contribution in [2.45, 2.75) is 32.4 Å². The van der Waals surface area contributed by atoms with Gasteiger partial charge in [-0.1, -0.05) is 142 Å². The third-order valence-corrected chi connectivity index (χ3v) is 15.5. The van der Waals surface area contributed by atoms with Gasteiger partial charge < -0.3 is 9.80 Å². The van der Waals surface area contributed by atoms with Crippen LogP contribution < -0.4 is 20.2 Å². The van der Waals surface area contributed by atoms with E-state index >= 15 is 0 Å². The van der Waals surface area contributed by atoms with Crippen LogP contribution in [0.5, 0.6) is 0 Å². The number of fused-ring (bicyclic) bond motifs is 5. The summed E-state index contributed by atoms with van der Waals surface area (Å²) in [4.78, 5) is 4.87. The van der Waals surface area contributed by atoms with Gasteiger partial charge in [0.1, 0.15) is 8.07 Å². The number of para-hydroxylation sites is 3. The highest BCUT2D eigenvalue weighted by Crippen LogP contribution is 2.51. The summed E-state index contributed by atoms with van der Waals surface area (Å²) in [5.74, 6) is 0. The van der Waals surface area contributed by atoms with Crippen molar-refractivity contribution in [3.63, 3.8) is 0 Å². The third kappa shape index (κ3) is 4.85. The molecule has 0 bridgehead atoms.